The summed E-state index contributed by atoms with van der Waals surface area (Å²) in [4.78, 5) is 32.5. The van der Waals surface area contributed by atoms with Crippen molar-refractivity contribution in [3.63, 3.8) is 0 Å². The molecule has 168 valence electrons. The van der Waals surface area contributed by atoms with Gasteiger partial charge in [0, 0.05) is 28.7 Å². The third-order valence-electron chi connectivity index (χ3n) is 5.83. The minimum Gasteiger partial charge on any atom is -0.349 e. The van der Waals surface area contributed by atoms with Gasteiger partial charge in [0.05, 0.1) is 11.6 Å². The summed E-state index contributed by atoms with van der Waals surface area (Å²) in [6, 6.07) is 12.5. The molecule has 1 fully saturated rings. The van der Waals surface area contributed by atoms with Crippen molar-refractivity contribution in [2.45, 2.75) is 38.1 Å². The van der Waals surface area contributed by atoms with Crippen LogP contribution in [0.15, 0.2) is 48.7 Å². The van der Waals surface area contributed by atoms with E-state index >= 15 is 0 Å². The Morgan fingerprint density at radius 2 is 1.82 bits per heavy atom. The molecule has 0 spiro atoms. The molecule has 2 amide bonds. The first kappa shape index (κ1) is 20.9. The highest BCUT2D eigenvalue weighted by Crippen LogP contribution is 2.39. The highest BCUT2D eigenvalue weighted by atomic mass is 19.1. The van der Waals surface area contributed by atoms with Crippen LogP contribution in [0.5, 0.6) is 0 Å². The van der Waals surface area contributed by atoms with E-state index in [4.69, 9.17) is 0 Å². The molecule has 2 heterocycles. The predicted molar refractivity (Wildman–Crippen MR) is 124 cm³/mol. The molecule has 2 aromatic carbocycles. The summed E-state index contributed by atoms with van der Waals surface area (Å²) in [5, 5.41) is 11.8. The van der Waals surface area contributed by atoms with Crippen LogP contribution in [0.25, 0.3) is 0 Å². The SMILES string of the molecule is CC1(C)C(=O)Nc2ccc(Nc3ncc(F)c(Nc4ccc(C(=O)NC5CC5)cc4)n3)cc21. The van der Waals surface area contributed by atoms with Crippen LogP contribution < -0.4 is 21.3 Å². The fourth-order valence-electron chi connectivity index (χ4n) is 3.63. The smallest absolute Gasteiger partial charge is 0.251 e. The molecule has 4 N–H and O–H groups in total. The number of nitrogens with zero attached hydrogens (tertiary/aromatic N) is 2. The third-order valence-corrected chi connectivity index (χ3v) is 5.83. The summed E-state index contributed by atoms with van der Waals surface area (Å²) in [7, 11) is 0. The molecule has 1 aliphatic carbocycles. The van der Waals surface area contributed by atoms with Gasteiger partial charge in [-0.25, -0.2) is 9.37 Å². The number of nitrogens with one attached hydrogen (secondary N) is 4. The number of hydrogen-bond donors (Lipinski definition) is 4. The first-order valence-electron chi connectivity index (χ1n) is 10.7. The molecular weight excluding hydrogens is 423 g/mol. The van der Waals surface area contributed by atoms with Gasteiger partial charge in [-0.2, -0.15) is 4.98 Å². The molecule has 9 heteroatoms. The number of amides is 2. The Morgan fingerprint density at radius 1 is 1.09 bits per heavy atom. The highest BCUT2D eigenvalue weighted by molar-refractivity contribution is 6.06. The van der Waals surface area contributed by atoms with Crippen LogP contribution in [0, 0.1) is 5.82 Å². The average Bonchev–Trinajstić information content (AvgIpc) is 3.57. The van der Waals surface area contributed by atoms with Gasteiger partial charge in [0.2, 0.25) is 11.9 Å². The molecule has 1 saturated carbocycles. The molecule has 2 aliphatic rings. The van der Waals surface area contributed by atoms with Crippen molar-refractivity contribution in [2.24, 2.45) is 0 Å². The Morgan fingerprint density at radius 3 is 2.55 bits per heavy atom. The fourth-order valence-corrected chi connectivity index (χ4v) is 3.63. The molecule has 0 atom stereocenters. The molecule has 8 nitrogen and oxygen atoms in total. The molecule has 0 radical (unpaired) electrons. The lowest BCUT2D eigenvalue weighted by Crippen LogP contribution is -2.26. The quantitative estimate of drug-likeness (QED) is 0.452. The standard InChI is InChI=1S/C24H23FN6O2/c1-24(2)17-11-16(9-10-19(17)30-22(24)33)29-23-26-12-18(25)20(31-23)27-14-5-3-13(4-6-14)21(32)28-15-7-8-15/h3-6,9-12,15H,7-8H2,1-2H3,(H,28,32)(H,30,33)(H2,26,27,29,31). The summed E-state index contributed by atoms with van der Waals surface area (Å²) >= 11 is 0. The Balaban J connectivity index is 1.31. The first-order valence-corrected chi connectivity index (χ1v) is 10.7. The van der Waals surface area contributed by atoms with Crippen molar-refractivity contribution >= 4 is 40.6 Å². The summed E-state index contributed by atoms with van der Waals surface area (Å²) in [6.45, 7) is 3.71. The van der Waals surface area contributed by atoms with Crippen LogP contribution in [0.2, 0.25) is 0 Å². The largest absolute Gasteiger partial charge is 0.349 e. The van der Waals surface area contributed by atoms with Gasteiger partial charge in [0.15, 0.2) is 11.6 Å². The van der Waals surface area contributed by atoms with E-state index in [0.717, 1.165) is 30.3 Å². The van der Waals surface area contributed by atoms with Gasteiger partial charge in [-0.1, -0.05) is 0 Å². The lowest BCUT2D eigenvalue weighted by molar-refractivity contribution is -0.119. The summed E-state index contributed by atoms with van der Waals surface area (Å²) in [6.07, 6.45) is 3.12. The van der Waals surface area contributed by atoms with Crippen molar-refractivity contribution in [2.75, 3.05) is 16.0 Å². The van der Waals surface area contributed by atoms with E-state index in [-0.39, 0.29) is 29.6 Å². The Bertz CT molecular complexity index is 1250. The monoisotopic (exact) mass is 446 g/mol. The zero-order chi connectivity index (χ0) is 23.2. The number of halogens is 1. The van der Waals surface area contributed by atoms with Crippen molar-refractivity contribution in [1.29, 1.82) is 0 Å². The Hall–Kier alpha value is -4.01. The van der Waals surface area contributed by atoms with Crippen LogP contribution >= 0.6 is 0 Å². The third kappa shape index (κ3) is 4.21. The van der Waals surface area contributed by atoms with Gasteiger partial charge < -0.3 is 21.3 Å². The maximum absolute atomic E-state index is 14.4. The number of aromatic nitrogens is 2. The van der Waals surface area contributed by atoms with Crippen LogP contribution in [-0.2, 0) is 10.2 Å². The van der Waals surface area contributed by atoms with Gasteiger partial charge in [-0.3, -0.25) is 9.59 Å². The van der Waals surface area contributed by atoms with E-state index in [1.54, 1.807) is 30.3 Å². The van der Waals surface area contributed by atoms with E-state index < -0.39 is 11.2 Å². The van der Waals surface area contributed by atoms with Crippen LogP contribution in [0.3, 0.4) is 0 Å². The Labute approximate surface area is 190 Å². The average molecular weight is 446 g/mol. The highest BCUT2D eigenvalue weighted by Gasteiger charge is 2.38. The van der Waals surface area contributed by atoms with Crippen LogP contribution in [0.4, 0.5) is 33.2 Å². The van der Waals surface area contributed by atoms with E-state index in [2.05, 4.69) is 31.2 Å². The molecule has 0 unspecified atom stereocenters. The fraction of sp³-hybridized carbons (Fsp3) is 0.250. The molecular formula is C24H23FN6O2. The number of hydrogen-bond acceptors (Lipinski definition) is 6. The minimum absolute atomic E-state index is 0.000941. The van der Waals surface area contributed by atoms with E-state index in [1.165, 1.54) is 0 Å². The Kier molecular flexibility index (Phi) is 4.96. The number of carbonyl (C=O) groups is 2. The van der Waals surface area contributed by atoms with E-state index in [1.807, 2.05) is 26.0 Å². The number of anilines is 5. The number of fused-ring (bicyclic) bond motifs is 1. The van der Waals surface area contributed by atoms with Crippen LogP contribution in [0.1, 0.15) is 42.6 Å². The van der Waals surface area contributed by atoms with Crippen LogP contribution in [-0.4, -0.2) is 27.8 Å². The second kappa shape index (κ2) is 7.84. The van der Waals surface area contributed by atoms with Crippen molar-refractivity contribution < 1.29 is 14.0 Å². The summed E-state index contributed by atoms with van der Waals surface area (Å²) in [5.41, 5.74) is 2.80. The van der Waals surface area contributed by atoms with Gasteiger partial charge >= 0.3 is 0 Å². The van der Waals surface area contributed by atoms with Gasteiger partial charge in [0.25, 0.3) is 5.91 Å². The van der Waals surface area contributed by atoms with Gasteiger partial charge in [0.1, 0.15) is 0 Å². The van der Waals surface area contributed by atoms with Gasteiger partial charge in [-0.05, 0) is 74.7 Å². The summed E-state index contributed by atoms with van der Waals surface area (Å²) in [5.74, 6) is -0.579. The number of benzene rings is 2. The maximum Gasteiger partial charge on any atom is 0.251 e. The van der Waals surface area contributed by atoms with Crippen molar-refractivity contribution in [3.05, 3.63) is 65.6 Å². The zero-order valence-corrected chi connectivity index (χ0v) is 18.2. The van der Waals surface area contributed by atoms with Crippen molar-refractivity contribution in [3.8, 4) is 0 Å². The second-order valence-electron chi connectivity index (χ2n) is 8.80. The molecule has 3 aromatic rings. The molecule has 0 bridgehead atoms. The lowest BCUT2D eigenvalue weighted by atomic mass is 9.86. The molecule has 1 aromatic heterocycles. The predicted octanol–water partition coefficient (Wildman–Crippen LogP) is 4.22. The lowest BCUT2D eigenvalue weighted by Gasteiger charge is -2.16. The van der Waals surface area contributed by atoms with E-state index in [9.17, 15) is 14.0 Å². The van der Waals surface area contributed by atoms with E-state index in [0.29, 0.717) is 16.9 Å². The second-order valence-corrected chi connectivity index (χ2v) is 8.80. The zero-order valence-electron chi connectivity index (χ0n) is 18.2. The molecule has 5 rings (SSSR count). The number of carbonyl (C=O) groups excluding carboxylic acids is 2. The number of rotatable bonds is 6. The minimum atomic E-state index is -0.648. The molecule has 0 saturated heterocycles. The molecule has 33 heavy (non-hydrogen) atoms. The topological polar surface area (TPSA) is 108 Å². The van der Waals surface area contributed by atoms with Gasteiger partial charge in [-0.15, -0.1) is 0 Å². The molecule has 1 aliphatic heterocycles. The first-order chi connectivity index (χ1) is 15.8. The normalized spacial score (nSPS) is 16.0. The maximum atomic E-state index is 14.4. The van der Waals surface area contributed by atoms with Crippen molar-refractivity contribution in [1.82, 2.24) is 15.3 Å². The summed E-state index contributed by atoms with van der Waals surface area (Å²) < 4.78 is 14.4.